The topological polar surface area (TPSA) is 256 Å². The average molecular weight is 357 g/mol. The fourth-order valence-electron chi connectivity index (χ4n) is 1.07. The highest BCUT2D eigenvalue weighted by Crippen LogP contribution is 2.05. The second kappa shape index (κ2) is 11.3. The largest absolute Gasteiger partial charge is 0.481 e. The Morgan fingerprint density at radius 2 is 1.04 bits per heavy atom. The third kappa shape index (κ3) is 9.65. The first-order valence-corrected chi connectivity index (χ1v) is 6.20. The minimum Gasteiger partial charge on any atom is -0.481 e. The smallest absolute Gasteiger partial charge is 0.335 e. The van der Waals surface area contributed by atoms with Crippen LogP contribution in [0.4, 0.5) is 0 Å². The Labute approximate surface area is 134 Å². The van der Waals surface area contributed by atoms with Crippen molar-refractivity contribution in [1.29, 1.82) is 0 Å². The van der Waals surface area contributed by atoms with Gasteiger partial charge in [0.1, 0.15) is 18.2 Å². The van der Waals surface area contributed by atoms with E-state index in [0.29, 0.717) is 0 Å². The van der Waals surface area contributed by atoms with E-state index < -0.39 is 54.3 Å². The van der Waals surface area contributed by atoms with Crippen molar-refractivity contribution in [2.45, 2.75) is 43.3 Å². The fraction of sp³-hybridized carbons (Fsp3) is 0.636. The molecule has 0 aromatic heterocycles. The van der Waals surface area contributed by atoms with Gasteiger partial charge in [0.15, 0.2) is 12.2 Å². The van der Waals surface area contributed by atoms with Crippen LogP contribution in [-0.2, 0) is 19.2 Å². The third-order valence-corrected chi connectivity index (χ3v) is 2.49. The van der Waals surface area contributed by atoms with Crippen molar-refractivity contribution in [1.82, 2.24) is 0 Å². The summed E-state index contributed by atoms with van der Waals surface area (Å²) in [7, 11) is 0. The predicted octanol–water partition coefficient (Wildman–Crippen LogP) is -4.14. The van der Waals surface area contributed by atoms with Gasteiger partial charge in [0.25, 0.3) is 0 Å². The molecule has 0 amide bonds. The van der Waals surface area contributed by atoms with Crippen LogP contribution < -0.4 is 5.73 Å². The number of carbonyl (C=O) groups is 4. The zero-order chi connectivity index (χ0) is 19.6. The Morgan fingerprint density at radius 3 is 1.25 bits per heavy atom. The van der Waals surface area contributed by atoms with Crippen LogP contribution in [0, 0.1) is 0 Å². The van der Waals surface area contributed by atoms with E-state index in [2.05, 4.69) is 0 Å². The van der Waals surface area contributed by atoms with Gasteiger partial charge in [-0.15, -0.1) is 0 Å². The van der Waals surface area contributed by atoms with Gasteiger partial charge in [0.2, 0.25) is 0 Å². The maximum Gasteiger partial charge on any atom is 0.335 e. The van der Waals surface area contributed by atoms with Crippen LogP contribution in [0.1, 0.15) is 12.8 Å². The van der Waals surface area contributed by atoms with E-state index in [1.807, 2.05) is 0 Å². The van der Waals surface area contributed by atoms with Gasteiger partial charge in [0.05, 0.1) is 0 Å². The number of aliphatic carboxylic acids is 4. The molecular weight excluding hydrogens is 338 g/mol. The normalized spacial score (nSPS) is 16.5. The lowest BCUT2D eigenvalue weighted by Gasteiger charge is -2.21. The zero-order valence-electron chi connectivity index (χ0n) is 12.1. The van der Waals surface area contributed by atoms with Gasteiger partial charge in [-0.2, -0.15) is 0 Å². The van der Waals surface area contributed by atoms with E-state index in [1.165, 1.54) is 0 Å². The molecule has 140 valence electrons. The number of aliphatic hydroxyl groups excluding tert-OH is 4. The molecule has 0 aromatic carbocycles. The SMILES string of the molecule is NC(CCC(=O)O)C(=O)O.O=C(O)C(O)C(O)C(O)C(O)C(=O)O. The Bertz CT molecular complexity index is 428. The minimum absolute atomic E-state index is 0.0231. The molecule has 10 N–H and O–H groups in total. The summed E-state index contributed by atoms with van der Waals surface area (Å²) in [5, 5.41) is 67.7. The van der Waals surface area contributed by atoms with Gasteiger partial charge >= 0.3 is 23.9 Å². The molecule has 0 aromatic rings. The second-order valence-electron chi connectivity index (χ2n) is 4.42. The predicted molar refractivity (Wildman–Crippen MR) is 71.8 cm³/mol. The summed E-state index contributed by atoms with van der Waals surface area (Å²) in [5.74, 6) is -5.87. The molecule has 0 heterocycles. The van der Waals surface area contributed by atoms with Crippen LogP contribution >= 0.6 is 0 Å². The van der Waals surface area contributed by atoms with E-state index >= 15 is 0 Å². The maximum atomic E-state index is 10.1. The van der Waals surface area contributed by atoms with Gasteiger partial charge in [-0.1, -0.05) is 0 Å². The molecule has 0 saturated carbocycles. The summed E-state index contributed by atoms with van der Waals surface area (Å²) in [5.41, 5.74) is 5.00. The first-order chi connectivity index (χ1) is 10.8. The number of hydrogen-bond acceptors (Lipinski definition) is 9. The lowest BCUT2D eigenvalue weighted by Crippen LogP contribution is -2.49. The van der Waals surface area contributed by atoms with Gasteiger partial charge < -0.3 is 46.6 Å². The zero-order valence-corrected chi connectivity index (χ0v) is 12.1. The van der Waals surface area contributed by atoms with E-state index in [-0.39, 0.29) is 12.8 Å². The van der Waals surface area contributed by atoms with Crippen LogP contribution in [-0.4, -0.2) is 95.2 Å². The second-order valence-corrected chi connectivity index (χ2v) is 4.42. The van der Waals surface area contributed by atoms with Gasteiger partial charge in [-0.25, -0.2) is 9.59 Å². The number of carboxylic acid groups (broad SMARTS) is 4. The highest BCUT2D eigenvalue weighted by atomic mass is 16.4. The molecule has 0 aliphatic rings. The summed E-state index contributed by atoms with van der Waals surface area (Å²) < 4.78 is 0. The summed E-state index contributed by atoms with van der Waals surface area (Å²) in [6.45, 7) is 0. The molecule has 0 aliphatic carbocycles. The first kappa shape index (κ1) is 23.9. The molecule has 0 rings (SSSR count). The Balaban J connectivity index is 0. The molecule has 0 spiro atoms. The van der Waals surface area contributed by atoms with Gasteiger partial charge in [0, 0.05) is 6.42 Å². The van der Waals surface area contributed by atoms with Crippen molar-refractivity contribution in [3.05, 3.63) is 0 Å². The maximum absolute atomic E-state index is 10.1. The summed E-state index contributed by atoms with van der Waals surface area (Å²) in [4.78, 5) is 40.0. The standard InChI is InChI=1S/C6H10O8.C5H9NO4/c7-1(3(9)5(11)12)2(8)4(10)6(13)14;6-3(5(9)10)1-2-4(7)8/h1-4,7-10H,(H,11,12)(H,13,14);3H,1-2,6H2,(H,7,8)(H,9,10). The summed E-state index contributed by atoms with van der Waals surface area (Å²) in [6, 6.07) is -1.06. The molecular formula is C11H19NO12. The number of aliphatic hydroxyl groups is 4. The molecule has 0 saturated heterocycles. The summed E-state index contributed by atoms with van der Waals surface area (Å²) >= 11 is 0. The molecule has 24 heavy (non-hydrogen) atoms. The number of carboxylic acids is 4. The van der Waals surface area contributed by atoms with Crippen LogP contribution in [0.2, 0.25) is 0 Å². The van der Waals surface area contributed by atoms with E-state index in [1.54, 1.807) is 0 Å². The number of rotatable bonds is 9. The van der Waals surface area contributed by atoms with E-state index in [9.17, 15) is 19.2 Å². The minimum atomic E-state index is -2.36. The fourth-order valence-corrected chi connectivity index (χ4v) is 1.07. The van der Waals surface area contributed by atoms with Crippen molar-refractivity contribution in [2.75, 3.05) is 0 Å². The molecule has 13 nitrogen and oxygen atoms in total. The lowest BCUT2D eigenvalue weighted by atomic mass is 10.0. The van der Waals surface area contributed by atoms with Crippen molar-refractivity contribution in [3.63, 3.8) is 0 Å². The Hall–Kier alpha value is -2.32. The quantitative estimate of drug-likeness (QED) is 0.190. The van der Waals surface area contributed by atoms with Crippen molar-refractivity contribution >= 4 is 23.9 Å². The summed E-state index contributed by atoms with van der Waals surface area (Å²) in [6.07, 6.45) is -9.51. The Kier molecular flexibility index (Phi) is 11.2. The van der Waals surface area contributed by atoms with Crippen LogP contribution in [0.15, 0.2) is 0 Å². The third-order valence-electron chi connectivity index (χ3n) is 2.49. The molecule has 5 atom stereocenters. The van der Waals surface area contributed by atoms with E-state index in [4.69, 9.17) is 46.6 Å². The highest BCUT2D eigenvalue weighted by Gasteiger charge is 2.37. The molecule has 0 radical (unpaired) electrons. The van der Waals surface area contributed by atoms with Gasteiger partial charge in [-0.3, -0.25) is 9.59 Å². The monoisotopic (exact) mass is 357 g/mol. The van der Waals surface area contributed by atoms with Crippen LogP contribution in [0.3, 0.4) is 0 Å². The lowest BCUT2D eigenvalue weighted by molar-refractivity contribution is -0.172. The van der Waals surface area contributed by atoms with Crippen LogP contribution in [0.5, 0.6) is 0 Å². The molecule has 0 aliphatic heterocycles. The number of hydrogen-bond donors (Lipinski definition) is 9. The van der Waals surface area contributed by atoms with Crippen molar-refractivity contribution in [3.8, 4) is 0 Å². The van der Waals surface area contributed by atoms with Crippen molar-refractivity contribution in [2.24, 2.45) is 5.73 Å². The molecule has 0 bridgehead atoms. The molecule has 5 unspecified atom stereocenters. The highest BCUT2D eigenvalue weighted by molar-refractivity contribution is 5.75. The Morgan fingerprint density at radius 1 is 0.708 bits per heavy atom. The van der Waals surface area contributed by atoms with Crippen LogP contribution in [0.25, 0.3) is 0 Å². The molecule has 0 fully saturated rings. The first-order valence-electron chi connectivity index (χ1n) is 6.20. The number of nitrogens with two attached hydrogens (primary N) is 1. The van der Waals surface area contributed by atoms with E-state index in [0.717, 1.165) is 0 Å². The van der Waals surface area contributed by atoms with Gasteiger partial charge in [-0.05, 0) is 6.42 Å². The average Bonchev–Trinajstić information content (AvgIpc) is 2.49. The van der Waals surface area contributed by atoms with Crippen molar-refractivity contribution < 1.29 is 60.0 Å². The molecule has 13 heteroatoms.